The van der Waals surface area contributed by atoms with Crippen LogP contribution in [-0.4, -0.2) is 70.2 Å². The molecule has 0 aliphatic carbocycles. The van der Waals surface area contributed by atoms with Crippen LogP contribution in [0.2, 0.25) is 0 Å². The molecule has 0 atom stereocenters. The van der Waals surface area contributed by atoms with Gasteiger partial charge in [-0.05, 0) is 63.6 Å². The van der Waals surface area contributed by atoms with Gasteiger partial charge in [0.15, 0.2) is 0 Å². The number of fused-ring (bicyclic) bond motifs is 1. The van der Waals surface area contributed by atoms with Crippen molar-refractivity contribution in [3.05, 3.63) is 60.5 Å². The van der Waals surface area contributed by atoms with Gasteiger partial charge in [-0.1, -0.05) is 18.2 Å². The molecular formula is C27H33FN4OS. The molecule has 5 rings (SSSR count). The highest BCUT2D eigenvalue weighted by Crippen LogP contribution is 2.35. The van der Waals surface area contributed by atoms with E-state index < -0.39 is 0 Å². The topological polar surface area (TPSA) is 31.7 Å². The van der Waals surface area contributed by atoms with E-state index in [1.807, 2.05) is 30.9 Å². The van der Waals surface area contributed by atoms with E-state index >= 15 is 0 Å². The maximum Gasteiger partial charge on any atom is 0.238 e. The van der Waals surface area contributed by atoms with E-state index in [9.17, 15) is 9.18 Å². The average Bonchev–Trinajstić information content (AvgIpc) is 3.35. The predicted octanol–water partition coefficient (Wildman–Crippen LogP) is 4.98. The molecule has 0 bridgehead atoms. The Morgan fingerprint density at radius 3 is 2.35 bits per heavy atom. The Labute approximate surface area is 205 Å². The van der Waals surface area contributed by atoms with Crippen molar-refractivity contribution in [3.63, 3.8) is 0 Å². The van der Waals surface area contributed by atoms with Gasteiger partial charge in [-0.2, -0.15) is 0 Å². The zero-order chi connectivity index (χ0) is 23.7. The molecule has 180 valence electrons. The maximum atomic E-state index is 13.4. The van der Waals surface area contributed by atoms with Crippen molar-refractivity contribution in [2.24, 2.45) is 0 Å². The summed E-state index contributed by atoms with van der Waals surface area (Å²) in [6, 6.07) is 15.1. The molecule has 0 radical (unpaired) electrons. The smallest absolute Gasteiger partial charge is 0.238 e. The van der Waals surface area contributed by atoms with Crippen LogP contribution < -0.4 is 4.90 Å². The summed E-state index contributed by atoms with van der Waals surface area (Å²) < 4.78 is 15.4. The van der Waals surface area contributed by atoms with Crippen LogP contribution >= 0.6 is 11.8 Å². The van der Waals surface area contributed by atoms with Crippen LogP contribution in [0.1, 0.15) is 26.7 Å². The molecule has 2 aromatic carbocycles. The van der Waals surface area contributed by atoms with Crippen molar-refractivity contribution in [3.8, 4) is 5.69 Å². The summed E-state index contributed by atoms with van der Waals surface area (Å²) in [4.78, 5) is 19.4. The standard InChI is InChI=1S/C27H33FN4OS/c1-27(2)26(33)31(20-34-27)14-6-5-13-29-15-17-30(18-16-29)25-19-32(22-11-9-21(28)10-12-22)24-8-4-3-7-23(24)25/h3-4,7-12,19H,5-6,13-18,20H2,1-2H3. The normalized spacial score (nSPS) is 18.9. The Morgan fingerprint density at radius 1 is 0.941 bits per heavy atom. The number of hydrogen-bond acceptors (Lipinski definition) is 4. The van der Waals surface area contributed by atoms with E-state index in [1.54, 1.807) is 11.8 Å². The zero-order valence-corrected chi connectivity index (χ0v) is 20.9. The summed E-state index contributed by atoms with van der Waals surface area (Å²) in [5, 5.41) is 1.23. The van der Waals surface area contributed by atoms with Gasteiger partial charge in [0.1, 0.15) is 5.82 Å². The summed E-state index contributed by atoms with van der Waals surface area (Å²) in [7, 11) is 0. The van der Waals surface area contributed by atoms with Gasteiger partial charge in [0.2, 0.25) is 5.91 Å². The summed E-state index contributed by atoms with van der Waals surface area (Å²) in [5.74, 6) is 0.896. The van der Waals surface area contributed by atoms with Gasteiger partial charge in [0.05, 0.1) is 21.8 Å². The zero-order valence-electron chi connectivity index (χ0n) is 20.0. The Balaban J connectivity index is 1.17. The Bertz CT molecular complexity index is 1150. The molecular weight excluding hydrogens is 447 g/mol. The monoisotopic (exact) mass is 480 g/mol. The molecule has 1 amide bonds. The van der Waals surface area contributed by atoms with E-state index in [0.717, 1.165) is 69.2 Å². The first-order valence-electron chi connectivity index (χ1n) is 12.2. The third-order valence-electron chi connectivity index (χ3n) is 7.04. The number of para-hydroxylation sites is 1. The van der Waals surface area contributed by atoms with Crippen molar-refractivity contribution < 1.29 is 9.18 Å². The molecule has 0 saturated carbocycles. The number of benzene rings is 2. The van der Waals surface area contributed by atoms with Crippen LogP contribution in [0.3, 0.4) is 0 Å². The number of unbranched alkanes of at least 4 members (excludes halogenated alkanes) is 1. The molecule has 34 heavy (non-hydrogen) atoms. The average molecular weight is 481 g/mol. The largest absolute Gasteiger partial charge is 0.367 e. The first-order chi connectivity index (χ1) is 16.4. The van der Waals surface area contributed by atoms with Crippen molar-refractivity contribution in [2.75, 3.05) is 50.0 Å². The summed E-state index contributed by atoms with van der Waals surface area (Å²) in [6.45, 7) is 10.1. The minimum atomic E-state index is -0.254. The second-order valence-corrected chi connectivity index (χ2v) is 11.3. The van der Waals surface area contributed by atoms with Gasteiger partial charge in [-0.15, -0.1) is 11.8 Å². The molecule has 5 nitrogen and oxygen atoms in total. The van der Waals surface area contributed by atoms with Crippen LogP contribution in [0, 0.1) is 5.82 Å². The van der Waals surface area contributed by atoms with E-state index in [0.29, 0.717) is 0 Å². The van der Waals surface area contributed by atoms with Crippen LogP contribution in [0.5, 0.6) is 0 Å². The molecule has 0 N–H and O–H groups in total. The van der Waals surface area contributed by atoms with Gasteiger partial charge < -0.3 is 14.4 Å². The molecule has 2 aliphatic rings. The Morgan fingerprint density at radius 2 is 1.65 bits per heavy atom. The summed E-state index contributed by atoms with van der Waals surface area (Å²) >= 11 is 1.74. The maximum absolute atomic E-state index is 13.4. The van der Waals surface area contributed by atoms with E-state index in [2.05, 4.69) is 44.8 Å². The first-order valence-corrected chi connectivity index (χ1v) is 13.2. The van der Waals surface area contributed by atoms with E-state index in [1.165, 1.54) is 23.2 Å². The van der Waals surface area contributed by atoms with E-state index in [-0.39, 0.29) is 16.5 Å². The number of rotatable bonds is 7. The lowest BCUT2D eigenvalue weighted by molar-refractivity contribution is -0.130. The SMILES string of the molecule is CC1(C)SCN(CCCCN2CCN(c3cn(-c4ccc(F)cc4)c4ccccc34)CC2)C1=O. The summed E-state index contributed by atoms with van der Waals surface area (Å²) in [5.41, 5.74) is 3.36. The van der Waals surface area contributed by atoms with Crippen molar-refractivity contribution in [1.82, 2.24) is 14.4 Å². The number of hydrogen-bond donors (Lipinski definition) is 0. The lowest BCUT2D eigenvalue weighted by atomic mass is 10.1. The lowest BCUT2D eigenvalue weighted by Crippen LogP contribution is -2.46. The number of piperazine rings is 1. The van der Waals surface area contributed by atoms with Gasteiger partial charge in [0.25, 0.3) is 0 Å². The van der Waals surface area contributed by atoms with Gasteiger partial charge in [-0.3, -0.25) is 9.69 Å². The Kier molecular flexibility index (Phi) is 6.58. The number of nitrogens with zero attached hydrogens (tertiary/aromatic N) is 4. The highest BCUT2D eigenvalue weighted by molar-refractivity contribution is 8.01. The van der Waals surface area contributed by atoms with E-state index in [4.69, 9.17) is 0 Å². The van der Waals surface area contributed by atoms with Gasteiger partial charge in [-0.25, -0.2) is 4.39 Å². The number of amides is 1. The molecule has 0 spiro atoms. The predicted molar refractivity (Wildman–Crippen MR) is 139 cm³/mol. The van der Waals surface area contributed by atoms with Crippen molar-refractivity contribution in [1.29, 1.82) is 0 Å². The van der Waals surface area contributed by atoms with Crippen LogP contribution in [0.25, 0.3) is 16.6 Å². The highest BCUT2D eigenvalue weighted by Gasteiger charge is 2.38. The second-order valence-electron chi connectivity index (χ2n) is 9.77. The Hall–Kier alpha value is -2.51. The van der Waals surface area contributed by atoms with Crippen LogP contribution in [-0.2, 0) is 4.79 Å². The fraction of sp³-hybridized carbons (Fsp3) is 0.444. The molecule has 7 heteroatoms. The molecule has 2 saturated heterocycles. The molecule has 2 aliphatic heterocycles. The van der Waals surface area contributed by atoms with Crippen molar-refractivity contribution in [2.45, 2.75) is 31.4 Å². The highest BCUT2D eigenvalue weighted by atomic mass is 32.2. The lowest BCUT2D eigenvalue weighted by Gasteiger charge is -2.36. The second kappa shape index (κ2) is 9.62. The third kappa shape index (κ3) is 4.68. The van der Waals surface area contributed by atoms with Crippen LogP contribution in [0.4, 0.5) is 10.1 Å². The number of thioether (sulfide) groups is 1. The minimum absolute atomic E-state index is 0.216. The van der Waals surface area contributed by atoms with Crippen molar-refractivity contribution >= 4 is 34.3 Å². The molecule has 0 unspecified atom stereocenters. The fourth-order valence-electron chi connectivity index (χ4n) is 4.99. The summed E-state index contributed by atoms with van der Waals surface area (Å²) in [6.07, 6.45) is 4.38. The fourth-order valence-corrected chi connectivity index (χ4v) is 5.96. The minimum Gasteiger partial charge on any atom is -0.367 e. The molecule has 3 aromatic rings. The van der Waals surface area contributed by atoms with Gasteiger partial charge >= 0.3 is 0 Å². The molecule has 1 aromatic heterocycles. The number of aromatic nitrogens is 1. The number of carbonyl (C=O) groups is 1. The molecule has 2 fully saturated rings. The quantitative estimate of drug-likeness (QED) is 0.446. The van der Waals surface area contributed by atoms with Crippen LogP contribution in [0.15, 0.2) is 54.7 Å². The first kappa shape index (κ1) is 23.2. The third-order valence-corrected chi connectivity index (χ3v) is 8.38. The number of anilines is 1. The molecule has 3 heterocycles. The van der Waals surface area contributed by atoms with Gasteiger partial charge in [0, 0.05) is 50.0 Å². The number of carbonyl (C=O) groups excluding carboxylic acids is 1. The number of halogens is 1.